The molecule has 0 bridgehead atoms. The first-order valence-electron chi connectivity index (χ1n) is 6.03. The Hall–Kier alpha value is -2.73. The zero-order chi connectivity index (χ0) is 15.0. The standard InChI is InChI=1S/C15H9NO4S/c17-14(18)11-8-4-1-2-5-9(8)16-13(15(19)20)12(11)10-6-3-7-21-10/h1-7H,(H,17,18)(H,19,20). The van der Waals surface area contributed by atoms with Crippen LogP contribution in [0.15, 0.2) is 41.8 Å². The number of carboxylic acid groups (broad SMARTS) is 2. The molecule has 1 aromatic carbocycles. The molecule has 3 aromatic rings. The van der Waals surface area contributed by atoms with Crippen LogP contribution in [0.4, 0.5) is 0 Å². The molecule has 21 heavy (non-hydrogen) atoms. The fourth-order valence-corrected chi connectivity index (χ4v) is 3.03. The highest BCUT2D eigenvalue weighted by Crippen LogP contribution is 2.34. The van der Waals surface area contributed by atoms with E-state index >= 15 is 0 Å². The molecule has 2 heterocycles. The second-order valence-corrected chi connectivity index (χ2v) is 5.26. The van der Waals surface area contributed by atoms with Gasteiger partial charge in [0, 0.05) is 15.8 Å². The minimum Gasteiger partial charge on any atom is -0.478 e. The Balaban J connectivity index is 2.52. The number of para-hydroxylation sites is 1. The number of nitrogens with zero attached hydrogens (tertiary/aromatic N) is 1. The monoisotopic (exact) mass is 299 g/mol. The van der Waals surface area contributed by atoms with Crippen molar-refractivity contribution >= 4 is 34.2 Å². The minimum absolute atomic E-state index is 0.0274. The second-order valence-electron chi connectivity index (χ2n) is 4.32. The molecule has 104 valence electrons. The molecule has 3 rings (SSSR count). The van der Waals surface area contributed by atoms with Crippen molar-refractivity contribution in [2.75, 3.05) is 0 Å². The van der Waals surface area contributed by atoms with E-state index in [0.29, 0.717) is 15.8 Å². The Bertz CT molecular complexity index is 855. The third kappa shape index (κ3) is 2.15. The molecule has 0 unspecified atom stereocenters. The molecule has 0 spiro atoms. The first kappa shape index (κ1) is 13.3. The van der Waals surface area contributed by atoms with Crippen LogP contribution in [0.2, 0.25) is 0 Å². The summed E-state index contributed by atoms with van der Waals surface area (Å²) in [5.74, 6) is -2.41. The summed E-state index contributed by atoms with van der Waals surface area (Å²) in [4.78, 5) is 27.9. The van der Waals surface area contributed by atoms with Gasteiger partial charge in [0.05, 0.1) is 11.1 Å². The molecule has 0 saturated heterocycles. The molecule has 0 amide bonds. The summed E-state index contributed by atoms with van der Waals surface area (Å²) in [5.41, 5.74) is 0.241. The Morgan fingerprint density at radius 2 is 1.76 bits per heavy atom. The maximum atomic E-state index is 11.7. The van der Waals surface area contributed by atoms with Crippen LogP contribution in [0.3, 0.4) is 0 Å². The molecular formula is C15H9NO4S. The summed E-state index contributed by atoms with van der Waals surface area (Å²) in [6, 6.07) is 10.1. The van der Waals surface area contributed by atoms with Crippen molar-refractivity contribution in [3.8, 4) is 10.4 Å². The highest BCUT2D eigenvalue weighted by Gasteiger charge is 2.25. The molecule has 0 aliphatic heterocycles. The SMILES string of the molecule is O=C(O)c1nc2ccccc2c(C(=O)O)c1-c1cccs1. The van der Waals surface area contributed by atoms with Crippen LogP contribution < -0.4 is 0 Å². The van der Waals surface area contributed by atoms with Crippen molar-refractivity contribution in [3.05, 3.63) is 53.0 Å². The average molecular weight is 299 g/mol. The summed E-state index contributed by atoms with van der Waals surface area (Å²) in [6.45, 7) is 0. The largest absolute Gasteiger partial charge is 0.478 e. The fraction of sp³-hybridized carbons (Fsp3) is 0. The molecule has 5 nitrogen and oxygen atoms in total. The van der Waals surface area contributed by atoms with Crippen LogP contribution >= 0.6 is 11.3 Å². The Morgan fingerprint density at radius 3 is 2.38 bits per heavy atom. The van der Waals surface area contributed by atoms with E-state index in [1.807, 2.05) is 0 Å². The van der Waals surface area contributed by atoms with E-state index in [1.165, 1.54) is 11.3 Å². The Kier molecular flexibility index (Phi) is 3.15. The average Bonchev–Trinajstić information content (AvgIpc) is 2.98. The van der Waals surface area contributed by atoms with Gasteiger partial charge in [-0.15, -0.1) is 11.3 Å². The molecule has 0 saturated carbocycles. The maximum absolute atomic E-state index is 11.7. The highest BCUT2D eigenvalue weighted by molar-refractivity contribution is 7.13. The first-order valence-corrected chi connectivity index (χ1v) is 6.90. The van der Waals surface area contributed by atoms with E-state index in [0.717, 1.165) is 0 Å². The molecule has 2 N–H and O–H groups in total. The van der Waals surface area contributed by atoms with Gasteiger partial charge in [-0.3, -0.25) is 0 Å². The van der Waals surface area contributed by atoms with Gasteiger partial charge in [0.15, 0.2) is 5.69 Å². The number of hydrogen-bond acceptors (Lipinski definition) is 4. The highest BCUT2D eigenvalue weighted by atomic mass is 32.1. The predicted octanol–water partition coefficient (Wildman–Crippen LogP) is 3.36. The maximum Gasteiger partial charge on any atom is 0.355 e. The summed E-state index contributed by atoms with van der Waals surface area (Å²) in [7, 11) is 0. The third-order valence-electron chi connectivity index (χ3n) is 3.08. The zero-order valence-corrected chi connectivity index (χ0v) is 11.4. The smallest absolute Gasteiger partial charge is 0.355 e. The van der Waals surface area contributed by atoms with Gasteiger partial charge in [-0.2, -0.15) is 0 Å². The molecule has 0 aliphatic carbocycles. The number of hydrogen-bond donors (Lipinski definition) is 2. The van der Waals surface area contributed by atoms with Gasteiger partial charge in [0.25, 0.3) is 0 Å². The lowest BCUT2D eigenvalue weighted by Crippen LogP contribution is -2.10. The minimum atomic E-state index is -1.24. The third-order valence-corrected chi connectivity index (χ3v) is 3.96. The molecule has 0 radical (unpaired) electrons. The van der Waals surface area contributed by atoms with Crippen molar-refractivity contribution in [1.82, 2.24) is 4.98 Å². The van der Waals surface area contributed by atoms with Gasteiger partial charge in [0.1, 0.15) is 0 Å². The lowest BCUT2D eigenvalue weighted by Gasteiger charge is -2.11. The van der Waals surface area contributed by atoms with Crippen LogP contribution in [-0.2, 0) is 0 Å². The van der Waals surface area contributed by atoms with Gasteiger partial charge >= 0.3 is 11.9 Å². The van der Waals surface area contributed by atoms with Gasteiger partial charge < -0.3 is 10.2 Å². The number of carboxylic acids is 2. The van der Waals surface area contributed by atoms with Gasteiger partial charge in [-0.25, -0.2) is 14.6 Å². The topological polar surface area (TPSA) is 87.5 Å². The molecule has 2 aromatic heterocycles. The normalized spacial score (nSPS) is 10.7. The van der Waals surface area contributed by atoms with Crippen LogP contribution in [0.25, 0.3) is 21.3 Å². The van der Waals surface area contributed by atoms with Crippen LogP contribution in [0, 0.1) is 0 Å². The van der Waals surface area contributed by atoms with Crippen molar-refractivity contribution in [1.29, 1.82) is 0 Å². The van der Waals surface area contributed by atoms with Crippen molar-refractivity contribution in [3.63, 3.8) is 0 Å². The molecular weight excluding hydrogens is 290 g/mol. The number of benzene rings is 1. The second kappa shape index (κ2) is 4.99. The Morgan fingerprint density at radius 1 is 1.00 bits per heavy atom. The van der Waals surface area contributed by atoms with E-state index in [-0.39, 0.29) is 16.8 Å². The van der Waals surface area contributed by atoms with Gasteiger partial charge in [0.2, 0.25) is 0 Å². The van der Waals surface area contributed by atoms with Gasteiger partial charge in [-0.1, -0.05) is 24.3 Å². The lowest BCUT2D eigenvalue weighted by molar-refractivity contribution is 0.0691. The molecule has 0 atom stereocenters. The number of pyridine rings is 1. The summed E-state index contributed by atoms with van der Waals surface area (Å²) < 4.78 is 0. The van der Waals surface area contributed by atoms with E-state index in [1.54, 1.807) is 41.8 Å². The van der Waals surface area contributed by atoms with E-state index in [9.17, 15) is 19.8 Å². The first-order chi connectivity index (χ1) is 10.1. The number of rotatable bonds is 3. The summed E-state index contributed by atoms with van der Waals surface area (Å²) in [6.07, 6.45) is 0. The molecule has 0 fully saturated rings. The zero-order valence-electron chi connectivity index (χ0n) is 10.6. The van der Waals surface area contributed by atoms with Gasteiger partial charge in [-0.05, 0) is 17.5 Å². The van der Waals surface area contributed by atoms with E-state index in [2.05, 4.69) is 4.98 Å². The van der Waals surface area contributed by atoms with E-state index in [4.69, 9.17) is 0 Å². The lowest BCUT2D eigenvalue weighted by atomic mass is 9.99. The number of carbonyl (C=O) groups is 2. The quantitative estimate of drug-likeness (QED) is 0.774. The van der Waals surface area contributed by atoms with Crippen LogP contribution in [0.1, 0.15) is 20.8 Å². The number of aromatic carboxylic acids is 2. The van der Waals surface area contributed by atoms with Crippen LogP contribution in [0.5, 0.6) is 0 Å². The summed E-state index contributed by atoms with van der Waals surface area (Å²) in [5, 5.41) is 21.1. The molecule has 6 heteroatoms. The van der Waals surface area contributed by atoms with E-state index < -0.39 is 11.9 Å². The predicted molar refractivity (Wildman–Crippen MR) is 79.0 cm³/mol. The Labute approximate surface area is 123 Å². The number of thiophene rings is 1. The van der Waals surface area contributed by atoms with Crippen molar-refractivity contribution in [2.45, 2.75) is 0 Å². The number of fused-ring (bicyclic) bond motifs is 1. The fourth-order valence-electron chi connectivity index (χ4n) is 2.25. The van der Waals surface area contributed by atoms with Crippen molar-refractivity contribution in [2.24, 2.45) is 0 Å². The van der Waals surface area contributed by atoms with Crippen LogP contribution in [-0.4, -0.2) is 27.1 Å². The molecule has 0 aliphatic rings. The van der Waals surface area contributed by atoms with Crippen molar-refractivity contribution < 1.29 is 19.8 Å². The number of aromatic nitrogens is 1. The summed E-state index contributed by atoms with van der Waals surface area (Å²) >= 11 is 1.28.